The van der Waals surface area contributed by atoms with Crippen LogP contribution in [0.25, 0.3) is 0 Å². The zero-order valence-corrected chi connectivity index (χ0v) is 24.2. The molecule has 2 aliphatic carbocycles. The van der Waals surface area contributed by atoms with Gasteiger partial charge in [-0.2, -0.15) is 8.78 Å². The van der Waals surface area contributed by atoms with Crippen molar-refractivity contribution < 1.29 is 13.5 Å². The lowest BCUT2D eigenvalue weighted by atomic mass is 9.77. The Kier molecular flexibility index (Phi) is 11.6. The van der Waals surface area contributed by atoms with Gasteiger partial charge in [-0.1, -0.05) is 87.2 Å². The second kappa shape index (κ2) is 15.1. The van der Waals surface area contributed by atoms with Crippen LogP contribution >= 0.6 is 0 Å². The summed E-state index contributed by atoms with van der Waals surface area (Å²) in [6.45, 7) is 6.03. The molecule has 0 spiro atoms. The van der Waals surface area contributed by atoms with Crippen LogP contribution in [0.15, 0.2) is 61.2 Å². The zero-order valence-electron chi connectivity index (χ0n) is 24.2. The van der Waals surface area contributed by atoms with Crippen molar-refractivity contribution in [2.75, 3.05) is 0 Å². The molecule has 0 saturated heterocycles. The van der Waals surface area contributed by atoms with E-state index in [2.05, 4.69) is 37.8 Å². The number of hydrogen-bond acceptors (Lipinski definition) is 1. The van der Waals surface area contributed by atoms with Crippen LogP contribution in [0.1, 0.15) is 131 Å². The molecule has 3 heteroatoms. The molecular weight excluding hydrogens is 486 g/mol. The first-order chi connectivity index (χ1) is 19.0. The largest absolute Gasteiger partial charge is 0.360 e. The molecule has 1 nitrogen and oxygen atoms in total. The Balaban J connectivity index is 1.19. The van der Waals surface area contributed by atoms with Crippen molar-refractivity contribution in [3.8, 4) is 0 Å². The van der Waals surface area contributed by atoms with Crippen LogP contribution in [0.5, 0.6) is 0 Å². The normalized spacial score (nSPS) is 24.0. The molecule has 0 heterocycles. The van der Waals surface area contributed by atoms with Crippen molar-refractivity contribution >= 4 is 0 Å². The number of ether oxygens (including phenoxy) is 1. The lowest BCUT2D eigenvalue weighted by molar-refractivity contribution is -0.244. The Morgan fingerprint density at radius 2 is 1.26 bits per heavy atom. The lowest BCUT2D eigenvalue weighted by Crippen LogP contribution is -2.23. The fourth-order valence-corrected chi connectivity index (χ4v) is 6.88. The Morgan fingerprint density at radius 3 is 1.77 bits per heavy atom. The van der Waals surface area contributed by atoms with Crippen LogP contribution in [-0.2, 0) is 17.8 Å². The van der Waals surface area contributed by atoms with E-state index in [-0.39, 0.29) is 13.0 Å². The summed E-state index contributed by atoms with van der Waals surface area (Å²) in [6, 6.07) is 16.0. The summed E-state index contributed by atoms with van der Waals surface area (Å²) in [5, 5.41) is 0. The van der Waals surface area contributed by atoms with Crippen LogP contribution < -0.4 is 0 Å². The predicted octanol–water partition coefficient (Wildman–Crippen LogP) is 11.1. The van der Waals surface area contributed by atoms with E-state index >= 15 is 0 Å². The summed E-state index contributed by atoms with van der Waals surface area (Å²) in [6.07, 6.45) is 16.2. The van der Waals surface area contributed by atoms with E-state index in [0.717, 1.165) is 23.8 Å². The number of allylic oxidation sites excluding steroid dienone is 1. The van der Waals surface area contributed by atoms with Crippen LogP contribution in [-0.4, -0.2) is 6.11 Å². The minimum atomic E-state index is -3.18. The number of hydrogen-bond donors (Lipinski definition) is 0. The molecule has 4 rings (SSSR count). The summed E-state index contributed by atoms with van der Waals surface area (Å²) >= 11 is 0. The molecule has 0 aliphatic heterocycles. The number of halogens is 2. The molecule has 2 aromatic carbocycles. The Hall–Kier alpha value is -2.00. The van der Waals surface area contributed by atoms with Gasteiger partial charge in [0.1, 0.15) is 0 Å². The maximum Gasteiger partial charge on any atom is 0.360 e. The van der Waals surface area contributed by atoms with Crippen LogP contribution in [0.2, 0.25) is 0 Å². The molecule has 0 radical (unpaired) electrons. The third kappa shape index (κ3) is 9.55. The van der Waals surface area contributed by atoms with Gasteiger partial charge in [-0.25, -0.2) is 0 Å². The van der Waals surface area contributed by atoms with Gasteiger partial charge in [0.25, 0.3) is 0 Å². The van der Waals surface area contributed by atoms with Gasteiger partial charge in [0.15, 0.2) is 0 Å². The lowest BCUT2D eigenvalue weighted by Gasteiger charge is -2.29. The van der Waals surface area contributed by atoms with Gasteiger partial charge in [0.05, 0.1) is 13.0 Å². The van der Waals surface area contributed by atoms with E-state index in [9.17, 15) is 8.78 Å². The molecule has 0 atom stereocenters. The highest BCUT2D eigenvalue weighted by Gasteiger charge is 2.31. The van der Waals surface area contributed by atoms with Gasteiger partial charge in [0.2, 0.25) is 0 Å². The summed E-state index contributed by atoms with van der Waals surface area (Å²) in [5.41, 5.74) is 4.08. The van der Waals surface area contributed by atoms with Gasteiger partial charge < -0.3 is 4.74 Å². The maximum atomic E-state index is 14.7. The quantitative estimate of drug-likeness (QED) is 0.172. The Morgan fingerprint density at radius 1 is 0.744 bits per heavy atom. The van der Waals surface area contributed by atoms with Crippen LogP contribution in [0, 0.1) is 11.8 Å². The number of alkyl halides is 2. The minimum absolute atomic E-state index is 0.0683. The number of rotatable bonds is 14. The topological polar surface area (TPSA) is 9.23 Å². The fraction of sp³-hybridized carbons (Fsp3) is 0.611. The van der Waals surface area contributed by atoms with Gasteiger partial charge in [-0.15, -0.1) is 6.58 Å². The molecule has 214 valence electrons. The molecule has 0 bridgehead atoms. The molecular formula is C36H50F2O. The summed E-state index contributed by atoms with van der Waals surface area (Å²) in [5.74, 6) is 2.87. The molecule has 2 fully saturated rings. The monoisotopic (exact) mass is 536 g/mol. The van der Waals surface area contributed by atoms with Gasteiger partial charge in [-0.3, -0.25) is 0 Å². The summed E-state index contributed by atoms with van der Waals surface area (Å²) < 4.78 is 34.5. The van der Waals surface area contributed by atoms with Crippen molar-refractivity contribution in [3.63, 3.8) is 0 Å². The van der Waals surface area contributed by atoms with E-state index in [1.807, 2.05) is 30.3 Å². The van der Waals surface area contributed by atoms with E-state index < -0.39 is 6.11 Å². The van der Waals surface area contributed by atoms with Gasteiger partial charge >= 0.3 is 6.11 Å². The molecule has 0 unspecified atom stereocenters. The third-order valence-electron chi connectivity index (χ3n) is 9.45. The Bertz CT molecular complexity index is 964. The molecule has 2 aromatic rings. The molecule has 0 amide bonds. The van der Waals surface area contributed by atoms with E-state index in [4.69, 9.17) is 4.74 Å². The molecule has 2 saturated carbocycles. The van der Waals surface area contributed by atoms with Crippen LogP contribution in [0.3, 0.4) is 0 Å². The first-order valence-corrected chi connectivity index (χ1v) is 15.8. The highest BCUT2D eigenvalue weighted by molar-refractivity contribution is 5.27. The van der Waals surface area contributed by atoms with Gasteiger partial charge in [0, 0.05) is 0 Å². The zero-order chi connectivity index (χ0) is 27.5. The first-order valence-electron chi connectivity index (χ1n) is 15.8. The minimum Gasteiger partial charge on any atom is -0.315 e. The SMILES string of the molecule is C=CCCC1CCC(c2ccc(COC(F)(F)Cc3ccc(C4CCC(CCCCC)CC4)cc3)cc2)CC1. The number of benzene rings is 2. The van der Waals surface area contributed by atoms with E-state index in [1.165, 1.54) is 94.6 Å². The molecule has 0 aromatic heterocycles. The molecule has 2 aliphatic rings. The highest BCUT2D eigenvalue weighted by atomic mass is 19.3. The van der Waals surface area contributed by atoms with E-state index in [1.54, 1.807) is 0 Å². The van der Waals surface area contributed by atoms with Crippen molar-refractivity contribution in [1.82, 2.24) is 0 Å². The van der Waals surface area contributed by atoms with Crippen LogP contribution in [0.4, 0.5) is 8.78 Å². The predicted molar refractivity (Wildman–Crippen MR) is 159 cm³/mol. The standard InChI is InChI=1S/C36H50F2O/c1-3-5-7-9-29-12-20-32(21-13-29)34-22-14-30(15-23-34)26-36(37,38)39-27-31-16-24-35(25-17-31)33-18-10-28(11-19-33)8-6-4-2/h4,14-17,22-25,28-29,32-33H,2-3,5-13,18-21,26-27H2,1H3. The first kappa shape index (κ1) is 30.0. The third-order valence-corrected chi connectivity index (χ3v) is 9.45. The van der Waals surface area contributed by atoms with Crippen molar-refractivity contribution in [2.24, 2.45) is 11.8 Å². The Labute approximate surface area is 236 Å². The summed E-state index contributed by atoms with van der Waals surface area (Å²) in [4.78, 5) is 0. The highest BCUT2D eigenvalue weighted by Crippen LogP contribution is 2.39. The second-order valence-corrected chi connectivity index (χ2v) is 12.4. The van der Waals surface area contributed by atoms with E-state index in [0.29, 0.717) is 17.4 Å². The molecule has 0 N–H and O–H groups in total. The maximum absolute atomic E-state index is 14.7. The fourth-order valence-electron chi connectivity index (χ4n) is 6.88. The molecule has 39 heavy (non-hydrogen) atoms. The average molecular weight is 537 g/mol. The smallest absolute Gasteiger partial charge is 0.315 e. The summed E-state index contributed by atoms with van der Waals surface area (Å²) in [7, 11) is 0. The number of unbranched alkanes of at least 4 members (excludes halogenated alkanes) is 2. The average Bonchev–Trinajstić information content (AvgIpc) is 2.96. The second-order valence-electron chi connectivity index (χ2n) is 12.4. The van der Waals surface area contributed by atoms with Crippen molar-refractivity contribution in [1.29, 1.82) is 0 Å². The van der Waals surface area contributed by atoms with Crippen molar-refractivity contribution in [2.45, 2.75) is 128 Å². The van der Waals surface area contributed by atoms with Gasteiger partial charge in [-0.05, 0) is 110 Å². The van der Waals surface area contributed by atoms with Crippen molar-refractivity contribution in [3.05, 3.63) is 83.4 Å².